The Labute approximate surface area is 79.9 Å². The van der Waals surface area contributed by atoms with E-state index in [4.69, 9.17) is 5.11 Å². The van der Waals surface area contributed by atoms with Crippen LogP contribution in [-0.2, 0) is 4.79 Å². The predicted molar refractivity (Wildman–Crippen MR) is 52.5 cm³/mol. The van der Waals surface area contributed by atoms with E-state index in [1.807, 2.05) is 13.8 Å². The molecule has 0 fully saturated rings. The van der Waals surface area contributed by atoms with E-state index in [9.17, 15) is 4.79 Å². The van der Waals surface area contributed by atoms with Crippen molar-refractivity contribution in [3.05, 3.63) is 0 Å². The highest BCUT2D eigenvalue weighted by atomic mass is 16.3. The number of amides is 1. The number of hydrogen-bond donors (Lipinski definition) is 2. The average Bonchev–Trinajstić information content (AvgIpc) is 2.13. The van der Waals surface area contributed by atoms with Gasteiger partial charge in [0.05, 0.1) is 6.54 Å². The number of nitrogens with one attached hydrogen (secondary N) is 1. The molecule has 4 nitrogen and oxygen atoms in total. The fraction of sp³-hybridized carbons (Fsp3) is 0.889. The lowest BCUT2D eigenvalue weighted by molar-refractivity contribution is -0.128. The van der Waals surface area contributed by atoms with Gasteiger partial charge in [0.25, 0.3) is 0 Å². The summed E-state index contributed by atoms with van der Waals surface area (Å²) < 4.78 is 0. The second-order valence-electron chi connectivity index (χ2n) is 3.20. The van der Waals surface area contributed by atoms with E-state index in [0.29, 0.717) is 13.0 Å². The van der Waals surface area contributed by atoms with Crippen LogP contribution in [0.2, 0.25) is 0 Å². The van der Waals surface area contributed by atoms with Crippen molar-refractivity contribution >= 4 is 5.91 Å². The first-order valence-corrected chi connectivity index (χ1v) is 4.70. The van der Waals surface area contributed by atoms with Crippen LogP contribution in [0.5, 0.6) is 0 Å². The Morgan fingerprint density at radius 3 is 2.69 bits per heavy atom. The summed E-state index contributed by atoms with van der Waals surface area (Å²) in [5.74, 6) is 0.0901. The molecule has 0 aliphatic rings. The molecule has 0 aliphatic heterocycles. The third-order valence-corrected chi connectivity index (χ3v) is 2.06. The maximum Gasteiger partial charge on any atom is 0.236 e. The molecule has 0 saturated heterocycles. The molecule has 4 heteroatoms. The Kier molecular flexibility index (Phi) is 6.54. The Balaban J connectivity index is 3.57. The summed E-state index contributed by atoms with van der Waals surface area (Å²) in [6.07, 6.45) is 0.684. The predicted octanol–water partition coefficient (Wildman–Crippen LogP) is -0.175. The van der Waals surface area contributed by atoms with Crippen molar-refractivity contribution in [1.82, 2.24) is 10.2 Å². The molecule has 78 valence electrons. The van der Waals surface area contributed by atoms with E-state index in [2.05, 4.69) is 5.32 Å². The van der Waals surface area contributed by atoms with E-state index in [0.717, 1.165) is 6.54 Å². The molecule has 0 aromatic heterocycles. The van der Waals surface area contributed by atoms with Crippen LogP contribution >= 0.6 is 0 Å². The van der Waals surface area contributed by atoms with Gasteiger partial charge in [0.1, 0.15) is 0 Å². The van der Waals surface area contributed by atoms with Crippen LogP contribution in [0.4, 0.5) is 0 Å². The normalized spacial score (nSPS) is 12.6. The lowest BCUT2D eigenvalue weighted by Gasteiger charge is -2.17. The summed E-state index contributed by atoms with van der Waals surface area (Å²) in [7, 11) is 1.78. The van der Waals surface area contributed by atoms with Gasteiger partial charge in [-0.25, -0.2) is 0 Å². The molecule has 0 spiro atoms. The zero-order valence-electron chi connectivity index (χ0n) is 8.71. The van der Waals surface area contributed by atoms with Gasteiger partial charge in [0.15, 0.2) is 0 Å². The van der Waals surface area contributed by atoms with Crippen LogP contribution < -0.4 is 5.32 Å². The molecular weight excluding hydrogens is 168 g/mol. The first-order valence-electron chi connectivity index (χ1n) is 4.70. The van der Waals surface area contributed by atoms with Crippen LogP contribution in [0, 0.1) is 0 Å². The van der Waals surface area contributed by atoms with Crippen molar-refractivity contribution in [3.63, 3.8) is 0 Å². The van der Waals surface area contributed by atoms with Crippen LogP contribution in [0.15, 0.2) is 0 Å². The van der Waals surface area contributed by atoms with Crippen molar-refractivity contribution in [3.8, 4) is 0 Å². The van der Waals surface area contributed by atoms with Crippen LogP contribution in [0.25, 0.3) is 0 Å². The van der Waals surface area contributed by atoms with Gasteiger partial charge in [-0.3, -0.25) is 4.79 Å². The maximum atomic E-state index is 11.3. The van der Waals surface area contributed by atoms with E-state index >= 15 is 0 Å². The minimum atomic E-state index is 0.0901. The van der Waals surface area contributed by atoms with Gasteiger partial charge in [0.2, 0.25) is 5.91 Å². The van der Waals surface area contributed by atoms with Gasteiger partial charge in [0, 0.05) is 26.2 Å². The highest BCUT2D eigenvalue weighted by Gasteiger charge is 2.07. The zero-order chi connectivity index (χ0) is 10.3. The standard InChI is InChI=1S/C9H20N2O2/c1-4-11(3)9(13)7-10-8(2)5-6-12/h8,10,12H,4-7H2,1-3H3. The van der Waals surface area contributed by atoms with Crippen LogP contribution in [0.1, 0.15) is 20.3 Å². The van der Waals surface area contributed by atoms with Gasteiger partial charge in [-0.15, -0.1) is 0 Å². The topological polar surface area (TPSA) is 52.6 Å². The van der Waals surface area contributed by atoms with Crippen molar-refractivity contribution < 1.29 is 9.90 Å². The Morgan fingerprint density at radius 2 is 2.23 bits per heavy atom. The Morgan fingerprint density at radius 1 is 1.62 bits per heavy atom. The second-order valence-corrected chi connectivity index (χ2v) is 3.20. The fourth-order valence-electron chi connectivity index (χ4n) is 0.869. The molecular formula is C9H20N2O2. The molecule has 1 atom stereocenters. The number of aliphatic hydroxyl groups excluding tert-OH is 1. The van der Waals surface area contributed by atoms with Gasteiger partial charge in [-0.2, -0.15) is 0 Å². The number of carbonyl (C=O) groups is 1. The third-order valence-electron chi connectivity index (χ3n) is 2.06. The first-order chi connectivity index (χ1) is 6.11. The smallest absolute Gasteiger partial charge is 0.236 e. The number of carbonyl (C=O) groups excluding carboxylic acids is 1. The molecule has 0 aromatic carbocycles. The van der Waals surface area contributed by atoms with Crippen molar-refractivity contribution in [1.29, 1.82) is 0 Å². The van der Waals surface area contributed by atoms with Crippen molar-refractivity contribution in [2.24, 2.45) is 0 Å². The van der Waals surface area contributed by atoms with E-state index in [-0.39, 0.29) is 18.6 Å². The summed E-state index contributed by atoms with van der Waals surface area (Å²) in [4.78, 5) is 12.9. The molecule has 0 heterocycles. The average molecular weight is 188 g/mol. The number of aliphatic hydroxyl groups is 1. The highest BCUT2D eigenvalue weighted by Crippen LogP contribution is 1.89. The molecule has 2 N–H and O–H groups in total. The number of hydrogen-bond acceptors (Lipinski definition) is 3. The summed E-state index contributed by atoms with van der Waals surface area (Å²) >= 11 is 0. The molecule has 0 radical (unpaired) electrons. The van der Waals surface area contributed by atoms with E-state index in [1.54, 1.807) is 11.9 Å². The van der Waals surface area contributed by atoms with Gasteiger partial charge < -0.3 is 15.3 Å². The number of likely N-dealkylation sites (N-methyl/N-ethyl adjacent to an activating group) is 1. The highest BCUT2D eigenvalue weighted by molar-refractivity contribution is 5.77. The lowest BCUT2D eigenvalue weighted by Crippen LogP contribution is -2.39. The first kappa shape index (κ1) is 12.4. The van der Waals surface area contributed by atoms with Gasteiger partial charge in [-0.1, -0.05) is 0 Å². The van der Waals surface area contributed by atoms with Crippen molar-refractivity contribution in [2.45, 2.75) is 26.3 Å². The molecule has 0 rings (SSSR count). The maximum absolute atomic E-state index is 11.3. The van der Waals surface area contributed by atoms with Crippen LogP contribution in [-0.4, -0.2) is 48.7 Å². The van der Waals surface area contributed by atoms with Crippen LogP contribution in [0.3, 0.4) is 0 Å². The van der Waals surface area contributed by atoms with Gasteiger partial charge >= 0.3 is 0 Å². The summed E-state index contributed by atoms with van der Waals surface area (Å²) in [5.41, 5.74) is 0. The minimum absolute atomic E-state index is 0.0901. The largest absolute Gasteiger partial charge is 0.396 e. The molecule has 0 aliphatic carbocycles. The SMILES string of the molecule is CCN(C)C(=O)CNC(C)CCO. The van der Waals surface area contributed by atoms with E-state index in [1.165, 1.54) is 0 Å². The lowest BCUT2D eigenvalue weighted by atomic mass is 10.2. The van der Waals surface area contributed by atoms with Gasteiger partial charge in [-0.05, 0) is 20.3 Å². The summed E-state index contributed by atoms with van der Waals surface area (Å²) in [6, 6.07) is 0.194. The zero-order valence-corrected chi connectivity index (χ0v) is 8.71. The monoisotopic (exact) mass is 188 g/mol. The summed E-state index contributed by atoms with van der Waals surface area (Å²) in [6.45, 7) is 5.14. The fourth-order valence-corrected chi connectivity index (χ4v) is 0.869. The third kappa shape index (κ3) is 5.60. The Bertz CT molecular complexity index is 151. The number of nitrogens with zero attached hydrogens (tertiary/aromatic N) is 1. The minimum Gasteiger partial charge on any atom is -0.396 e. The quantitative estimate of drug-likeness (QED) is 0.608. The molecule has 1 amide bonds. The second kappa shape index (κ2) is 6.86. The molecule has 1 unspecified atom stereocenters. The Hall–Kier alpha value is -0.610. The molecule has 0 bridgehead atoms. The summed E-state index contributed by atoms with van der Waals surface area (Å²) in [5, 5.41) is 11.7. The van der Waals surface area contributed by atoms with Crippen molar-refractivity contribution in [2.75, 3.05) is 26.7 Å². The van der Waals surface area contributed by atoms with E-state index < -0.39 is 0 Å². The molecule has 0 aromatic rings. The molecule has 0 saturated carbocycles. The molecule has 13 heavy (non-hydrogen) atoms. The number of rotatable bonds is 6.